The van der Waals surface area contributed by atoms with Crippen LogP contribution in [0, 0.1) is 10.1 Å². The maximum Gasteiger partial charge on any atom is 0.270 e. The first-order valence-electron chi connectivity index (χ1n) is 9.78. The molecular weight excluding hydrogens is 426 g/mol. The van der Waals surface area contributed by atoms with E-state index in [1.807, 2.05) is 42.5 Å². The molecule has 5 aromatic rings. The molecule has 0 aliphatic rings. The van der Waals surface area contributed by atoms with Gasteiger partial charge in [0.15, 0.2) is 0 Å². The van der Waals surface area contributed by atoms with Crippen LogP contribution in [0.1, 0.15) is 5.56 Å². The van der Waals surface area contributed by atoms with Gasteiger partial charge in [-0.05, 0) is 17.7 Å². The molecule has 0 aliphatic carbocycles. The number of non-ortho nitro benzene ring substituents is 1. The Bertz CT molecular complexity index is 1620. The van der Waals surface area contributed by atoms with Gasteiger partial charge in [0, 0.05) is 27.8 Å². The minimum Gasteiger partial charge on any atom is -0.288 e. The molecule has 0 spiro atoms. The van der Waals surface area contributed by atoms with E-state index >= 15 is 0 Å². The molecule has 2 aromatic heterocycles. The largest absolute Gasteiger partial charge is 0.288 e. The Kier molecular flexibility index (Phi) is 4.84. The van der Waals surface area contributed by atoms with Crippen LogP contribution in [-0.2, 0) is 6.54 Å². The first kappa shape index (κ1) is 19.8. The average Bonchev–Trinajstić information content (AvgIpc) is 2.81. The molecule has 0 radical (unpaired) electrons. The van der Waals surface area contributed by atoms with E-state index < -0.39 is 10.5 Å². The molecule has 156 valence electrons. The summed E-state index contributed by atoms with van der Waals surface area (Å²) in [6.45, 7) is 0.178. The van der Waals surface area contributed by atoms with Crippen molar-refractivity contribution in [3.05, 3.63) is 115 Å². The van der Waals surface area contributed by atoms with E-state index in [2.05, 4.69) is 4.98 Å². The molecule has 0 unspecified atom stereocenters. The Morgan fingerprint density at radius 2 is 1.69 bits per heavy atom. The quantitative estimate of drug-likeness (QED) is 0.231. The number of hydrogen-bond donors (Lipinski definition) is 0. The second-order valence-electron chi connectivity index (χ2n) is 7.23. The van der Waals surface area contributed by atoms with Crippen LogP contribution in [0.2, 0.25) is 0 Å². The zero-order valence-corrected chi connectivity index (χ0v) is 17.4. The Hall–Kier alpha value is -4.17. The molecule has 0 atom stereocenters. The summed E-state index contributed by atoms with van der Waals surface area (Å²) in [4.78, 5) is 42.6. The number of aromatic nitrogens is 2. The summed E-state index contributed by atoms with van der Waals surface area (Å²) in [5, 5.41) is 11.8. The highest BCUT2D eigenvalue weighted by molar-refractivity contribution is 7.24. The lowest BCUT2D eigenvalue weighted by atomic mass is 10.1. The summed E-state index contributed by atoms with van der Waals surface area (Å²) >= 11 is 1.26. The van der Waals surface area contributed by atoms with Crippen molar-refractivity contribution in [3.8, 4) is 11.4 Å². The number of rotatable bonds is 4. The summed E-state index contributed by atoms with van der Waals surface area (Å²) < 4.78 is 2.14. The molecule has 0 bridgehead atoms. The van der Waals surface area contributed by atoms with Gasteiger partial charge in [-0.3, -0.25) is 24.3 Å². The molecular formula is C24H15N3O4S. The Labute approximate surface area is 185 Å². The van der Waals surface area contributed by atoms with E-state index in [0.29, 0.717) is 15.8 Å². The van der Waals surface area contributed by atoms with Gasteiger partial charge in [0.05, 0.1) is 11.5 Å². The Balaban J connectivity index is 1.86. The number of benzene rings is 3. The van der Waals surface area contributed by atoms with E-state index in [-0.39, 0.29) is 28.9 Å². The minimum atomic E-state index is -0.490. The first-order chi connectivity index (χ1) is 15.5. The molecule has 2 heterocycles. The van der Waals surface area contributed by atoms with Crippen LogP contribution >= 0.6 is 11.3 Å². The normalized spacial score (nSPS) is 11.1. The van der Waals surface area contributed by atoms with Gasteiger partial charge in [-0.25, -0.2) is 4.98 Å². The smallest absolute Gasteiger partial charge is 0.270 e. The van der Waals surface area contributed by atoms with Crippen molar-refractivity contribution >= 4 is 37.3 Å². The van der Waals surface area contributed by atoms with E-state index in [0.717, 1.165) is 10.3 Å². The van der Waals surface area contributed by atoms with Gasteiger partial charge in [-0.15, -0.1) is 11.3 Å². The van der Waals surface area contributed by atoms with E-state index in [9.17, 15) is 19.7 Å². The van der Waals surface area contributed by atoms with Crippen molar-refractivity contribution in [1.29, 1.82) is 0 Å². The molecule has 32 heavy (non-hydrogen) atoms. The average molecular weight is 441 g/mol. The topological polar surface area (TPSA) is 95.1 Å². The van der Waals surface area contributed by atoms with Gasteiger partial charge in [0.1, 0.15) is 16.0 Å². The fourth-order valence-electron chi connectivity index (χ4n) is 3.68. The highest BCUT2D eigenvalue weighted by Gasteiger charge is 2.19. The van der Waals surface area contributed by atoms with E-state index in [4.69, 9.17) is 0 Å². The predicted octanol–water partition coefficient (Wildman–Crippen LogP) is 4.59. The second-order valence-corrected chi connectivity index (χ2v) is 8.26. The molecule has 3 aromatic carbocycles. The maximum atomic E-state index is 13.6. The van der Waals surface area contributed by atoms with Crippen molar-refractivity contribution in [3.63, 3.8) is 0 Å². The molecule has 0 saturated heterocycles. The summed E-state index contributed by atoms with van der Waals surface area (Å²) in [5.74, 6) is 0.279. The standard InChI is InChI=1S/C24H15N3O4S/c28-21-18-11-4-5-12-19(18)32-23-20(21)24(29)26(14-15-7-2-1-3-8-15)22(25-23)16-9-6-10-17(13-16)27(30)31/h1-13H,14H2. The molecule has 0 saturated carbocycles. The Morgan fingerprint density at radius 1 is 0.938 bits per heavy atom. The summed E-state index contributed by atoms with van der Waals surface area (Å²) in [5.41, 5.74) is 0.350. The highest BCUT2D eigenvalue weighted by atomic mass is 32.1. The third kappa shape index (κ3) is 3.36. The fraction of sp³-hybridized carbons (Fsp3) is 0.0417. The van der Waals surface area contributed by atoms with Crippen LogP contribution in [0.3, 0.4) is 0 Å². The Morgan fingerprint density at radius 3 is 2.47 bits per heavy atom. The maximum absolute atomic E-state index is 13.6. The van der Waals surface area contributed by atoms with Crippen molar-refractivity contribution in [1.82, 2.24) is 9.55 Å². The third-order valence-electron chi connectivity index (χ3n) is 5.20. The van der Waals surface area contributed by atoms with Gasteiger partial charge in [-0.2, -0.15) is 0 Å². The lowest BCUT2D eigenvalue weighted by Gasteiger charge is -2.14. The SMILES string of the molecule is O=c1c2ccccc2sc2nc(-c3cccc([N+](=O)[O-])c3)n(Cc3ccccc3)c(=O)c12. The molecule has 0 N–H and O–H groups in total. The number of nitro groups is 1. The lowest BCUT2D eigenvalue weighted by molar-refractivity contribution is -0.384. The van der Waals surface area contributed by atoms with E-state index in [1.165, 1.54) is 28.0 Å². The molecule has 0 fully saturated rings. The van der Waals surface area contributed by atoms with Crippen LogP contribution < -0.4 is 11.0 Å². The van der Waals surface area contributed by atoms with Crippen LogP contribution in [0.5, 0.6) is 0 Å². The lowest BCUT2D eigenvalue weighted by Crippen LogP contribution is -2.27. The molecule has 0 amide bonds. The highest BCUT2D eigenvalue weighted by Crippen LogP contribution is 2.27. The number of hydrogen-bond acceptors (Lipinski definition) is 6. The number of fused-ring (bicyclic) bond motifs is 2. The van der Waals surface area contributed by atoms with Crippen molar-refractivity contribution in [2.45, 2.75) is 6.54 Å². The molecule has 0 aliphatic heterocycles. The number of nitrogens with zero attached hydrogens (tertiary/aromatic N) is 3. The van der Waals surface area contributed by atoms with Crippen LogP contribution in [0.25, 0.3) is 31.7 Å². The summed E-state index contributed by atoms with van der Waals surface area (Å²) in [6, 6.07) is 22.4. The fourth-order valence-corrected chi connectivity index (χ4v) is 4.72. The first-order valence-corrected chi connectivity index (χ1v) is 10.6. The number of nitro benzene ring substituents is 1. The predicted molar refractivity (Wildman–Crippen MR) is 125 cm³/mol. The zero-order valence-electron chi connectivity index (χ0n) is 16.6. The van der Waals surface area contributed by atoms with Gasteiger partial charge in [0.2, 0.25) is 5.43 Å². The van der Waals surface area contributed by atoms with Crippen LogP contribution in [0.4, 0.5) is 5.69 Å². The van der Waals surface area contributed by atoms with Crippen molar-refractivity contribution in [2.75, 3.05) is 0 Å². The zero-order chi connectivity index (χ0) is 22.2. The van der Waals surface area contributed by atoms with Crippen molar-refractivity contribution < 1.29 is 4.92 Å². The van der Waals surface area contributed by atoms with Gasteiger partial charge < -0.3 is 0 Å². The third-order valence-corrected chi connectivity index (χ3v) is 6.26. The monoisotopic (exact) mass is 441 g/mol. The van der Waals surface area contributed by atoms with Gasteiger partial charge >= 0.3 is 0 Å². The van der Waals surface area contributed by atoms with E-state index in [1.54, 1.807) is 24.3 Å². The minimum absolute atomic E-state index is 0.0267. The summed E-state index contributed by atoms with van der Waals surface area (Å²) in [6.07, 6.45) is 0. The van der Waals surface area contributed by atoms with Gasteiger partial charge in [0.25, 0.3) is 11.2 Å². The van der Waals surface area contributed by atoms with Gasteiger partial charge in [-0.1, -0.05) is 54.6 Å². The summed E-state index contributed by atoms with van der Waals surface area (Å²) in [7, 11) is 0. The van der Waals surface area contributed by atoms with Crippen molar-refractivity contribution in [2.24, 2.45) is 0 Å². The second kappa shape index (κ2) is 7.82. The molecule has 5 rings (SSSR count). The molecule has 7 nitrogen and oxygen atoms in total. The van der Waals surface area contributed by atoms with Crippen LogP contribution in [-0.4, -0.2) is 14.5 Å². The van der Waals surface area contributed by atoms with Crippen LogP contribution in [0.15, 0.2) is 88.5 Å². The molecule has 8 heteroatoms.